The van der Waals surface area contributed by atoms with Crippen LogP contribution in [-0.4, -0.2) is 17.2 Å². The summed E-state index contributed by atoms with van der Waals surface area (Å²) in [5.74, 6) is -0.162. The van der Waals surface area contributed by atoms with Crippen molar-refractivity contribution in [1.29, 1.82) is 0 Å². The molecule has 1 amide bonds. The van der Waals surface area contributed by atoms with Crippen LogP contribution in [0.5, 0.6) is 5.75 Å². The number of hydrogen-bond donors (Lipinski definition) is 2. The van der Waals surface area contributed by atoms with Gasteiger partial charge in [0.1, 0.15) is 5.75 Å². The molecule has 2 N–H and O–H groups in total. The second kappa shape index (κ2) is 4.98. The molecule has 1 aromatic heterocycles. The molecule has 0 atom stereocenters. The van der Waals surface area contributed by atoms with E-state index in [1.807, 2.05) is 0 Å². The molecule has 5 heteroatoms. The molecule has 0 radical (unpaired) electrons. The van der Waals surface area contributed by atoms with Crippen molar-refractivity contribution in [3.63, 3.8) is 0 Å². The highest BCUT2D eigenvalue weighted by Crippen LogP contribution is 2.12. The molecule has 0 spiro atoms. The van der Waals surface area contributed by atoms with Crippen molar-refractivity contribution in [2.75, 3.05) is 0 Å². The van der Waals surface area contributed by atoms with Crippen LogP contribution in [-0.2, 0) is 0 Å². The van der Waals surface area contributed by atoms with Gasteiger partial charge in [0.25, 0.3) is 0 Å². The number of furan rings is 1. The molecule has 2 aromatic rings. The smallest absolute Gasteiger partial charge is 0.307 e. The van der Waals surface area contributed by atoms with E-state index < -0.39 is 5.91 Å². The lowest BCUT2D eigenvalue weighted by Gasteiger charge is -1.97. The van der Waals surface area contributed by atoms with Crippen molar-refractivity contribution in [3.05, 3.63) is 54.0 Å². The van der Waals surface area contributed by atoms with Crippen LogP contribution < -0.4 is 5.43 Å². The van der Waals surface area contributed by atoms with Gasteiger partial charge in [-0.3, -0.25) is 4.79 Å². The van der Waals surface area contributed by atoms with Gasteiger partial charge in [0, 0.05) is 5.56 Å². The highest BCUT2D eigenvalue weighted by atomic mass is 16.3. The summed E-state index contributed by atoms with van der Waals surface area (Å²) in [5, 5.41) is 13.2. The topological polar surface area (TPSA) is 74.8 Å². The summed E-state index contributed by atoms with van der Waals surface area (Å²) >= 11 is 0. The molecule has 2 rings (SSSR count). The van der Waals surface area contributed by atoms with Gasteiger partial charge in [0.05, 0.1) is 12.5 Å². The predicted octanol–water partition coefficient (Wildman–Crippen LogP) is 1.75. The SMILES string of the molecule is O=C(N/N=C/c1ccccc1O)c1ccco1. The van der Waals surface area contributed by atoms with Crippen LogP contribution in [0.3, 0.4) is 0 Å². The second-order valence-corrected chi connectivity index (χ2v) is 3.24. The summed E-state index contributed by atoms with van der Waals surface area (Å²) in [7, 11) is 0. The predicted molar refractivity (Wildman–Crippen MR) is 61.9 cm³/mol. The maximum absolute atomic E-state index is 11.4. The summed E-state index contributed by atoms with van der Waals surface area (Å²) < 4.78 is 4.89. The number of nitrogens with zero attached hydrogens (tertiary/aromatic N) is 1. The van der Waals surface area contributed by atoms with Gasteiger partial charge in [-0.25, -0.2) is 5.43 Å². The first-order chi connectivity index (χ1) is 8.27. The third-order valence-electron chi connectivity index (χ3n) is 2.05. The quantitative estimate of drug-likeness (QED) is 0.623. The number of phenolic OH excluding ortho intramolecular Hbond substituents is 1. The van der Waals surface area contributed by atoms with Crippen molar-refractivity contribution >= 4 is 12.1 Å². The minimum absolute atomic E-state index is 0.100. The molecular formula is C12H10N2O3. The van der Waals surface area contributed by atoms with E-state index in [0.717, 1.165) is 0 Å². The number of aromatic hydroxyl groups is 1. The molecule has 0 saturated carbocycles. The summed E-state index contributed by atoms with van der Waals surface area (Å²) in [6, 6.07) is 9.82. The lowest BCUT2D eigenvalue weighted by Crippen LogP contribution is -2.16. The molecule has 5 nitrogen and oxygen atoms in total. The Morgan fingerprint density at radius 2 is 2.12 bits per heavy atom. The lowest BCUT2D eigenvalue weighted by atomic mass is 10.2. The normalized spacial score (nSPS) is 10.6. The number of nitrogens with one attached hydrogen (secondary N) is 1. The molecule has 0 bridgehead atoms. The Labute approximate surface area is 97.4 Å². The summed E-state index contributed by atoms with van der Waals surface area (Å²) in [4.78, 5) is 11.4. The first kappa shape index (κ1) is 10.9. The van der Waals surface area contributed by atoms with E-state index in [1.165, 1.54) is 24.6 Å². The molecule has 0 saturated heterocycles. The Kier molecular flexibility index (Phi) is 3.20. The maximum atomic E-state index is 11.4. The van der Waals surface area contributed by atoms with Crippen molar-refractivity contribution in [3.8, 4) is 5.75 Å². The van der Waals surface area contributed by atoms with Gasteiger partial charge in [-0.15, -0.1) is 0 Å². The van der Waals surface area contributed by atoms with Gasteiger partial charge in [-0.05, 0) is 24.3 Å². The van der Waals surface area contributed by atoms with E-state index in [4.69, 9.17) is 4.42 Å². The highest BCUT2D eigenvalue weighted by Gasteiger charge is 2.05. The van der Waals surface area contributed by atoms with Gasteiger partial charge < -0.3 is 9.52 Å². The fourth-order valence-corrected chi connectivity index (χ4v) is 1.22. The van der Waals surface area contributed by atoms with Crippen molar-refractivity contribution in [1.82, 2.24) is 5.43 Å². The zero-order chi connectivity index (χ0) is 12.1. The maximum Gasteiger partial charge on any atom is 0.307 e. The highest BCUT2D eigenvalue weighted by molar-refractivity contribution is 5.92. The zero-order valence-electron chi connectivity index (χ0n) is 8.83. The fourth-order valence-electron chi connectivity index (χ4n) is 1.22. The van der Waals surface area contributed by atoms with Gasteiger partial charge in [0.15, 0.2) is 5.76 Å². The van der Waals surface area contributed by atoms with E-state index in [0.29, 0.717) is 5.56 Å². The number of phenols is 1. The third-order valence-corrected chi connectivity index (χ3v) is 2.05. The number of amides is 1. The minimum Gasteiger partial charge on any atom is -0.507 e. The number of para-hydroxylation sites is 1. The molecule has 0 aliphatic heterocycles. The molecule has 0 fully saturated rings. The van der Waals surface area contributed by atoms with E-state index in [-0.39, 0.29) is 11.5 Å². The van der Waals surface area contributed by atoms with Crippen molar-refractivity contribution < 1.29 is 14.3 Å². The number of benzene rings is 1. The van der Waals surface area contributed by atoms with Crippen LogP contribution >= 0.6 is 0 Å². The Morgan fingerprint density at radius 1 is 1.29 bits per heavy atom. The van der Waals surface area contributed by atoms with Gasteiger partial charge in [-0.2, -0.15) is 5.10 Å². The first-order valence-corrected chi connectivity index (χ1v) is 4.92. The van der Waals surface area contributed by atoms with E-state index in [2.05, 4.69) is 10.5 Å². The summed E-state index contributed by atoms with van der Waals surface area (Å²) in [6.07, 6.45) is 2.76. The zero-order valence-corrected chi connectivity index (χ0v) is 8.83. The summed E-state index contributed by atoms with van der Waals surface area (Å²) in [6.45, 7) is 0. The van der Waals surface area contributed by atoms with E-state index >= 15 is 0 Å². The average Bonchev–Trinajstić information content (AvgIpc) is 2.85. The monoisotopic (exact) mass is 230 g/mol. The van der Waals surface area contributed by atoms with Crippen LogP contribution in [0.15, 0.2) is 52.2 Å². The third kappa shape index (κ3) is 2.72. The Hall–Kier alpha value is -2.56. The Bertz CT molecular complexity index is 532. The van der Waals surface area contributed by atoms with Crippen LogP contribution in [0.1, 0.15) is 16.1 Å². The minimum atomic E-state index is -0.443. The van der Waals surface area contributed by atoms with Gasteiger partial charge in [-0.1, -0.05) is 12.1 Å². The molecule has 0 unspecified atom stereocenters. The van der Waals surface area contributed by atoms with Crippen LogP contribution in [0.25, 0.3) is 0 Å². The van der Waals surface area contributed by atoms with E-state index in [9.17, 15) is 9.90 Å². The first-order valence-electron chi connectivity index (χ1n) is 4.92. The Balaban J connectivity index is 1.99. The van der Waals surface area contributed by atoms with Crippen LogP contribution in [0, 0.1) is 0 Å². The second-order valence-electron chi connectivity index (χ2n) is 3.24. The number of rotatable bonds is 3. The molecule has 0 aliphatic carbocycles. The van der Waals surface area contributed by atoms with Gasteiger partial charge >= 0.3 is 5.91 Å². The lowest BCUT2D eigenvalue weighted by molar-refractivity contribution is 0.0927. The molecular weight excluding hydrogens is 220 g/mol. The number of hydrogen-bond acceptors (Lipinski definition) is 4. The van der Waals surface area contributed by atoms with E-state index in [1.54, 1.807) is 24.3 Å². The van der Waals surface area contributed by atoms with Crippen LogP contribution in [0.4, 0.5) is 0 Å². The summed E-state index contributed by atoms with van der Waals surface area (Å²) in [5.41, 5.74) is 2.81. The average molecular weight is 230 g/mol. The Morgan fingerprint density at radius 3 is 2.82 bits per heavy atom. The largest absolute Gasteiger partial charge is 0.507 e. The molecule has 1 aromatic carbocycles. The van der Waals surface area contributed by atoms with Crippen molar-refractivity contribution in [2.45, 2.75) is 0 Å². The number of carbonyl (C=O) groups excluding carboxylic acids is 1. The van der Waals surface area contributed by atoms with Crippen molar-refractivity contribution in [2.24, 2.45) is 5.10 Å². The molecule has 86 valence electrons. The van der Waals surface area contributed by atoms with Gasteiger partial charge in [0.2, 0.25) is 0 Å². The fraction of sp³-hybridized carbons (Fsp3) is 0. The van der Waals surface area contributed by atoms with Crippen LogP contribution in [0.2, 0.25) is 0 Å². The molecule has 0 aliphatic rings. The number of hydrazone groups is 1. The standard InChI is InChI=1S/C12H10N2O3/c15-10-5-2-1-4-9(10)8-13-14-12(16)11-6-3-7-17-11/h1-8,15H,(H,14,16)/b13-8+. The molecule has 17 heavy (non-hydrogen) atoms. The molecule has 1 heterocycles. The number of carbonyl (C=O) groups is 1.